The molecule has 3 nitrogen and oxygen atoms in total. The molecule has 0 saturated heterocycles. The summed E-state index contributed by atoms with van der Waals surface area (Å²) in [6.45, 7) is 0. The van der Waals surface area contributed by atoms with E-state index in [1.807, 2.05) is 20.2 Å². The highest BCUT2D eigenvalue weighted by Gasteiger charge is 2.39. The lowest BCUT2D eigenvalue weighted by atomic mass is 9.77. The number of rotatable bonds is 6. The van der Waals surface area contributed by atoms with E-state index in [0.29, 0.717) is 6.04 Å². The van der Waals surface area contributed by atoms with Crippen molar-refractivity contribution in [3.63, 3.8) is 0 Å². The fourth-order valence-corrected chi connectivity index (χ4v) is 3.86. The van der Waals surface area contributed by atoms with Crippen LogP contribution in [0, 0.1) is 0 Å². The lowest BCUT2D eigenvalue weighted by molar-refractivity contribution is -0.0657. The van der Waals surface area contributed by atoms with Gasteiger partial charge in [0.1, 0.15) is 5.75 Å². The van der Waals surface area contributed by atoms with Crippen LogP contribution in [0.5, 0.6) is 5.75 Å². The first-order valence-electron chi connectivity index (χ1n) is 7.70. The van der Waals surface area contributed by atoms with Crippen molar-refractivity contribution in [2.75, 3.05) is 21.3 Å². The van der Waals surface area contributed by atoms with Gasteiger partial charge in [0.05, 0.1) is 12.7 Å². The fourth-order valence-electron chi connectivity index (χ4n) is 3.45. The minimum atomic E-state index is -0.0461. The second-order valence-electron chi connectivity index (χ2n) is 5.83. The molecule has 0 amide bonds. The summed E-state index contributed by atoms with van der Waals surface area (Å²) in [5.74, 6) is 0.901. The Kier molecular flexibility index (Phi) is 6.08. The Bertz CT molecular complexity index is 458. The van der Waals surface area contributed by atoms with Crippen molar-refractivity contribution in [3.8, 4) is 5.75 Å². The number of benzene rings is 1. The van der Waals surface area contributed by atoms with E-state index in [2.05, 4.69) is 33.4 Å². The van der Waals surface area contributed by atoms with Gasteiger partial charge in [0.2, 0.25) is 0 Å². The molecule has 1 N–H and O–H groups in total. The molecular weight excluding hydrogens is 330 g/mol. The summed E-state index contributed by atoms with van der Waals surface area (Å²) in [5.41, 5.74) is 1.21. The van der Waals surface area contributed by atoms with Crippen LogP contribution in [0.4, 0.5) is 0 Å². The van der Waals surface area contributed by atoms with Crippen molar-refractivity contribution in [2.24, 2.45) is 0 Å². The molecule has 0 heterocycles. The highest BCUT2D eigenvalue weighted by Crippen LogP contribution is 2.36. The molecule has 0 aromatic heterocycles. The van der Waals surface area contributed by atoms with Gasteiger partial charge in [-0.1, -0.05) is 35.2 Å². The first-order valence-corrected chi connectivity index (χ1v) is 8.49. The van der Waals surface area contributed by atoms with E-state index in [1.54, 1.807) is 7.11 Å². The van der Waals surface area contributed by atoms with Crippen LogP contribution in [-0.2, 0) is 11.2 Å². The number of likely N-dealkylation sites (N-methyl/N-ethyl adjacent to an activating group) is 1. The largest absolute Gasteiger partial charge is 0.497 e. The van der Waals surface area contributed by atoms with E-state index in [9.17, 15) is 0 Å². The molecule has 4 heteroatoms. The lowest BCUT2D eigenvalue weighted by Gasteiger charge is -2.42. The van der Waals surface area contributed by atoms with E-state index in [-0.39, 0.29) is 5.60 Å². The van der Waals surface area contributed by atoms with Crippen molar-refractivity contribution in [3.05, 3.63) is 28.2 Å². The number of halogens is 1. The first-order chi connectivity index (χ1) is 10.1. The van der Waals surface area contributed by atoms with E-state index in [1.165, 1.54) is 24.8 Å². The van der Waals surface area contributed by atoms with Gasteiger partial charge in [-0.05, 0) is 50.1 Å². The predicted octanol–water partition coefficient (Wildman–Crippen LogP) is 3.94. The Hall–Kier alpha value is -0.580. The summed E-state index contributed by atoms with van der Waals surface area (Å²) in [6.07, 6.45) is 7.04. The molecule has 1 aromatic rings. The predicted molar refractivity (Wildman–Crippen MR) is 90.1 cm³/mol. The summed E-state index contributed by atoms with van der Waals surface area (Å²) >= 11 is 3.66. The normalized spacial score (nSPS) is 19.2. The van der Waals surface area contributed by atoms with Crippen LogP contribution in [0.15, 0.2) is 22.7 Å². The summed E-state index contributed by atoms with van der Waals surface area (Å²) in [5, 5.41) is 3.49. The van der Waals surface area contributed by atoms with Gasteiger partial charge in [-0.25, -0.2) is 0 Å². The van der Waals surface area contributed by atoms with Gasteiger partial charge in [-0.15, -0.1) is 0 Å². The topological polar surface area (TPSA) is 30.5 Å². The highest BCUT2D eigenvalue weighted by molar-refractivity contribution is 9.10. The maximum absolute atomic E-state index is 5.99. The van der Waals surface area contributed by atoms with Crippen molar-refractivity contribution in [1.82, 2.24) is 5.32 Å². The second-order valence-corrected chi connectivity index (χ2v) is 6.69. The van der Waals surface area contributed by atoms with Crippen LogP contribution in [0.1, 0.15) is 37.7 Å². The van der Waals surface area contributed by atoms with E-state index in [4.69, 9.17) is 9.47 Å². The molecule has 1 aromatic carbocycles. The third-order valence-electron chi connectivity index (χ3n) is 4.77. The van der Waals surface area contributed by atoms with Gasteiger partial charge in [-0.2, -0.15) is 0 Å². The monoisotopic (exact) mass is 355 g/mol. The maximum Gasteiger partial charge on any atom is 0.119 e. The number of hydrogen-bond acceptors (Lipinski definition) is 3. The van der Waals surface area contributed by atoms with E-state index in [0.717, 1.165) is 29.5 Å². The van der Waals surface area contributed by atoms with Crippen molar-refractivity contribution < 1.29 is 9.47 Å². The average Bonchev–Trinajstić information content (AvgIpc) is 2.54. The minimum Gasteiger partial charge on any atom is -0.497 e. The average molecular weight is 356 g/mol. The van der Waals surface area contributed by atoms with Gasteiger partial charge in [0, 0.05) is 17.6 Å². The molecule has 1 saturated carbocycles. The molecule has 21 heavy (non-hydrogen) atoms. The van der Waals surface area contributed by atoms with Crippen LogP contribution < -0.4 is 10.1 Å². The Balaban J connectivity index is 2.21. The van der Waals surface area contributed by atoms with Crippen molar-refractivity contribution in [2.45, 2.75) is 50.2 Å². The van der Waals surface area contributed by atoms with Crippen LogP contribution in [0.3, 0.4) is 0 Å². The Labute approximate surface area is 136 Å². The standard InChI is InChI=1S/C17H26BrNO2/c1-19-16(17(21-3)9-5-4-6-10-17)12-13-11-14(20-2)7-8-15(13)18/h7-8,11,16,19H,4-6,9-10,12H2,1-3H3. The quantitative estimate of drug-likeness (QED) is 0.838. The molecule has 1 aliphatic rings. The maximum atomic E-state index is 5.99. The third-order valence-corrected chi connectivity index (χ3v) is 5.54. The third kappa shape index (κ3) is 3.79. The highest BCUT2D eigenvalue weighted by atomic mass is 79.9. The number of nitrogens with one attached hydrogen (secondary N) is 1. The lowest BCUT2D eigenvalue weighted by Crippen LogP contribution is -2.53. The molecule has 118 valence electrons. The Morgan fingerprint density at radius 1 is 1.24 bits per heavy atom. The Morgan fingerprint density at radius 2 is 1.95 bits per heavy atom. The zero-order chi connectivity index (χ0) is 15.3. The van der Waals surface area contributed by atoms with Crippen LogP contribution >= 0.6 is 15.9 Å². The molecule has 2 rings (SSSR count). The zero-order valence-electron chi connectivity index (χ0n) is 13.2. The van der Waals surface area contributed by atoms with Gasteiger partial charge < -0.3 is 14.8 Å². The summed E-state index contributed by atoms with van der Waals surface area (Å²) < 4.78 is 12.5. The van der Waals surface area contributed by atoms with Gasteiger partial charge in [0.25, 0.3) is 0 Å². The zero-order valence-corrected chi connectivity index (χ0v) is 14.8. The molecule has 1 atom stereocenters. The Morgan fingerprint density at radius 3 is 2.52 bits per heavy atom. The van der Waals surface area contributed by atoms with Gasteiger partial charge in [0.15, 0.2) is 0 Å². The molecule has 0 spiro atoms. The minimum absolute atomic E-state index is 0.0461. The first kappa shape index (κ1) is 16.8. The van der Waals surface area contributed by atoms with Crippen molar-refractivity contribution >= 4 is 15.9 Å². The number of ether oxygens (including phenoxy) is 2. The van der Waals surface area contributed by atoms with Gasteiger partial charge >= 0.3 is 0 Å². The van der Waals surface area contributed by atoms with E-state index >= 15 is 0 Å². The molecule has 0 radical (unpaired) electrons. The summed E-state index contributed by atoms with van der Waals surface area (Å²) in [4.78, 5) is 0. The number of hydrogen-bond donors (Lipinski definition) is 1. The summed E-state index contributed by atoms with van der Waals surface area (Å²) in [7, 11) is 5.60. The van der Waals surface area contributed by atoms with E-state index < -0.39 is 0 Å². The smallest absolute Gasteiger partial charge is 0.119 e. The molecule has 1 unspecified atom stereocenters. The molecule has 0 aliphatic heterocycles. The molecule has 0 bridgehead atoms. The second kappa shape index (κ2) is 7.61. The molecular formula is C17H26BrNO2. The summed E-state index contributed by atoms with van der Waals surface area (Å²) in [6, 6.07) is 6.46. The number of methoxy groups -OCH3 is 2. The fraction of sp³-hybridized carbons (Fsp3) is 0.647. The molecule has 1 aliphatic carbocycles. The SMILES string of the molecule is CNC(Cc1cc(OC)ccc1Br)C1(OC)CCCCC1. The van der Waals surface area contributed by atoms with Gasteiger partial charge in [-0.3, -0.25) is 0 Å². The molecule has 1 fully saturated rings. The van der Waals surface area contributed by atoms with Crippen LogP contribution in [0.2, 0.25) is 0 Å². The van der Waals surface area contributed by atoms with Crippen LogP contribution in [0.25, 0.3) is 0 Å². The van der Waals surface area contributed by atoms with Crippen molar-refractivity contribution in [1.29, 1.82) is 0 Å². The van der Waals surface area contributed by atoms with Crippen LogP contribution in [-0.4, -0.2) is 32.9 Å².